The lowest BCUT2D eigenvalue weighted by Gasteiger charge is -2.13. The standard InChI is InChI=1S/C16H20N4O/c1-12(2)20-10-15(7-17-20)18-16(21)11-19-8-13-5-3-4-6-14(13)9-19/h3-7,10,12H,8-9,11H2,1-2H3,(H,18,21). The summed E-state index contributed by atoms with van der Waals surface area (Å²) >= 11 is 0. The molecule has 5 nitrogen and oxygen atoms in total. The number of benzene rings is 1. The van der Waals surface area contributed by atoms with Crippen LogP contribution in [0.3, 0.4) is 0 Å². The van der Waals surface area contributed by atoms with E-state index >= 15 is 0 Å². The number of anilines is 1. The molecule has 1 N–H and O–H groups in total. The minimum atomic E-state index is 0.00566. The molecule has 2 aromatic rings. The first-order valence-corrected chi connectivity index (χ1v) is 7.25. The number of aromatic nitrogens is 2. The third-order valence-corrected chi connectivity index (χ3v) is 3.69. The summed E-state index contributed by atoms with van der Waals surface area (Å²) in [6, 6.07) is 8.63. The number of nitrogens with zero attached hydrogens (tertiary/aromatic N) is 3. The van der Waals surface area contributed by atoms with E-state index in [1.165, 1.54) is 11.1 Å². The van der Waals surface area contributed by atoms with Gasteiger partial charge in [0.15, 0.2) is 0 Å². The Morgan fingerprint density at radius 2 is 1.95 bits per heavy atom. The molecule has 1 aromatic carbocycles. The summed E-state index contributed by atoms with van der Waals surface area (Å²) in [7, 11) is 0. The van der Waals surface area contributed by atoms with Gasteiger partial charge in [-0.3, -0.25) is 14.4 Å². The number of amides is 1. The van der Waals surface area contributed by atoms with Crippen LogP contribution in [-0.4, -0.2) is 27.1 Å². The second-order valence-electron chi connectivity index (χ2n) is 5.76. The van der Waals surface area contributed by atoms with E-state index in [0.29, 0.717) is 12.6 Å². The zero-order valence-corrected chi connectivity index (χ0v) is 12.4. The highest BCUT2D eigenvalue weighted by Gasteiger charge is 2.20. The molecule has 0 atom stereocenters. The van der Waals surface area contributed by atoms with E-state index in [2.05, 4.69) is 41.3 Å². The fourth-order valence-electron chi connectivity index (χ4n) is 2.60. The maximum absolute atomic E-state index is 12.1. The van der Waals surface area contributed by atoms with E-state index in [-0.39, 0.29) is 5.91 Å². The minimum Gasteiger partial charge on any atom is -0.322 e. The number of carbonyl (C=O) groups is 1. The highest BCUT2D eigenvalue weighted by Crippen LogP contribution is 2.21. The van der Waals surface area contributed by atoms with Crippen LogP contribution in [0.15, 0.2) is 36.7 Å². The molecular formula is C16H20N4O. The summed E-state index contributed by atoms with van der Waals surface area (Å²) < 4.78 is 1.83. The van der Waals surface area contributed by atoms with Crippen molar-refractivity contribution in [1.29, 1.82) is 0 Å². The number of nitrogens with one attached hydrogen (secondary N) is 1. The highest BCUT2D eigenvalue weighted by molar-refractivity contribution is 5.92. The Hall–Kier alpha value is -2.14. The molecule has 2 heterocycles. The Bertz CT molecular complexity index is 622. The zero-order valence-electron chi connectivity index (χ0n) is 12.4. The average Bonchev–Trinajstić information content (AvgIpc) is 3.04. The Morgan fingerprint density at radius 1 is 1.29 bits per heavy atom. The molecule has 0 radical (unpaired) electrons. The van der Waals surface area contributed by atoms with Crippen molar-refractivity contribution in [1.82, 2.24) is 14.7 Å². The quantitative estimate of drug-likeness (QED) is 0.938. The molecule has 0 fully saturated rings. The summed E-state index contributed by atoms with van der Waals surface area (Å²) in [5.74, 6) is 0.00566. The molecular weight excluding hydrogens is 264 g/mol. The molecule has 5 heteroatoms. The van der Waals surface area contributed by atoms with Gasteiger partial charge in [0.1, 0.15) is 0 Å². The fraction of sp³-hybridized carbons (Fsp3) is 0.375. The summed E-state index contributed by atoms with van der Waals surface area (Å²) in [4.78, 5) is 14.3. The molecule has 1 aliphatic rings. The predicted octanol–water partition coefficient (Wildman–Crippen LogP) is 2.42. The topological polar surface area (TPSA) is 50.2 Å². The van der Waals surface area contributed by atoms with Gasteiger partial charge in [0.25, 0.3) is 0 Å². The van der Waals surface area contributed by atoms with Gasteiger partial charge in [0, 0.05) is 25.3 Å². The number of hydrogen-bond donors (Lipinski definition) is 1. The van der Waals surface area contributed by atoms with E-state index in [1.54, 1.807) is 6.20 Å². The molecule has 3 rings (SSSR count). The van der Waals surface area contributed by atoms with Gasteiger partial charge in [-0.2, -0.15) is 5.10 Å². The van der Waals surface area contributed by atoms with Crippen LogP contribution in [0.2, 0.25) is 0 Å². The van der Waals surface area contributed by atoms with Gasteiger partial charge in [-0.1, -0.05) is 24.3 Å². The molecule has 1 amide bonds. The Kier molecular flexibility index (Phi) is 3.75. The van der Waals surface area contributed by atoms with Crippen molar-refractivity contribution in [3.63, 3.8) is 0 Å². The smallest absolute Gasteiger partial charge is 0.238 e. The molecule has 0 unspecified atom stereocenters. The summed E-state index contributed by atoms with van der Waals surface area (Å²) in [6.07, 6.45) is 3.55. The van der Waals surface area contributed by atoms with Crippen LogP contribution in [0.4, 0.5) is 5.69 Å². The maximum Gasteiger partial charge on any atom is 0.238 e. The van der Waals surface area contributed by atoms with Crippen molar-refractivity contribution < 1.29 is 4.79 Å². The fourth-order valence-corrected chi connectivity index (χ4v) is 2.60. The Balaban J connectivity index is 1.55. The normalized spacial score (nSPS) is 14.4. The first-order chi connectivity index (χ1) is 10.1. The molecule has 0 bridgehead atoms. The molecule has 110 valence electrons. The molecule has 0 saturated heterocycles. The molecule has 0 aliphatic carbocycles. The molecule has 0 saturated carbocycles. The number of fused-ring (bicyclic) bond motifs is 1. The van der Waals surface area contributed by atoms with Crippen LogP contribution < -0.4 is 5.32 Å². The first-order valence-electron chi connectivity index (χ1n) is 7.25. The van der Waals surface area contributed by atoms with Gasteiger partial charge in [-0.05, 0) is 25.0 Å². The van der Waals surface area contributed by atoms with E-state index < -0.39 is 0 Å². The van der Waals surface area contributed by atoms with Crippen LogP contribution in [0.5, 0.6) is 0 Å². The van der Waals surface area contributed by atoms with Gasteiger partial charge in [-0.15, -0.1) is 0 Å². The van der Waals surface area contributed by atoms with Crippen molar-refractivity contribution in [3.05, 3.63) is 47.8 Å². The second kappa shape index (κ2) is 5.69. The second-order valence-corrected chi connectivity index (χ2v) is 5.76. The van der Waals surface area contributed by atoms with E-state index in [4.69, 9.17) is 0 Å². The van der Waals surface area contributed by atoms with Gasteiger partial charge in [-0.25, -0.2) is 0 Å². The SMILES string of the molecule is CC(C)n1cc(NC(=O)CN2Cc3ccccc3C2)cn1. The lowest BCUT2D eigenvalue weighted by atomic mass is 10.1. The summed E-state index contributed by atoms with van der Waals surface area (Å²) in [5.41, 5.74) is 3.39. The number of rotatable bonds is 4. The zero-order chi connectivity index (χ0) is 14.8. The van der Waals surface area contributed by atoms with Crippen LogP contribution in [0.1, 0.15) is 31.0 Å². The van der Waals surface area contributed by atoms with Crippen molar-refractivity contribution in [2.75, 3.05) is 11.9 Å². The van der Waals surface area contributed by atoms with Crippen molar-refractivity contribution in [2.45, 2.75) is 33.0 Å². The van der Waals surface area contributed by atoms with Crippen LogP contribution in [0.25, 0.3) is 0 Å². The van der Waals surface area contributed by atoms with Crippen molar-refractivity contribution in [2.24, 2.45) is 0 Å². The minimum absolute atomic E-state index is 0.00566. The third-order valence-electron chi connectivity index (χ3n) is 3.69. The average molecular weight is 284 g/mol. The lowest BCUT2D eigenvalue weighted by Crippen LogP contribution is -2.29. The van der Waals surface area contributed by atoms with Gasteiger partial charge >= 0.3 is 0 Å². The highest BCUT2D eigenvalue weighted by atomic mass is 16.2. The number of carbonyl (C=O) groups excluding carboxylic acids is 1. The third kappa shape index (κ3) is 3.13. The first kappa shape index (κ1) is 13.8. The molecule has 1 aliphatic heterocycles. The van der Waals surface area contributed by atoms with Crippen LogP contribution in [-0.2, 0) is 17.9 Å². The Morgan fingerprint density at radius 3 is 2.52 bits per heavy atom. The van der Waals surface area contributed by atoms with Gasteiger partial charge in [0.05, 0.1) is 18.4 Å². The monoisotopic (exact) mass is 284 g/mol. The van der Waals surface area contributed by atoms with E-state index in [1.807, 2.05) is 23.0 Å². The molecule has 0 spiro atoms. The predicted molar refractivity (Wildman–Crippen MR) is 81.8 cm³/mol. The van der Waals surface area contributed by atoms with E-state index in [0.717, 1.165) is 18.8 Å². The molecule has 21 heavy (non-hydrogen) atoms. The summed E-state index contributed by atoms with van der Waals surface area (Å²) in [6.45, 7) is 6.20. The van der Waals surface area contributed by atoms with E-state index in [9.17, 15) is 4.79 Å². The van der Waals surface area contributed by atoms with Gasteiger partial charge in [0.2, 0.25) is 5.91 Å². The van der Waals surface area contributed by atoms with Gasteiger partial charge < -0.3 is 5.32 Å². The Labute approximate surface area is 124 Å². The maximum atomic E-state index is 12.1. The van der Waals surface area contributed by atoms with Crippen molar-refractivity contribution >= 4 is 11.6 Å². The lowest BCUT2D eigenvalue weighted by molar-refractivity contribution is -0.117. The largest absolute Gasteiger partial charge is 0.322 e. The van der Waals surface area contributed by atoms with Crippen LogP contribution >= 0.6 is 0 Å². The van der Waals surface area contributed by atoms with Crippen LogP contribution in [0, 0.1) is 0 Å². The van der Waals surface area contributed by atoms with Crippen molar-refractivity contribution in [3.8, 4) is 0 Å². The summed E-state index contributed by atoms with van der Waals surface area (Å²) in [5, 5.41) is 7.13. The number of hydrogen-bond acceptors (Lipinski definition) is 3. The molecule has 1 aromatic heterocycles.